The number of aromatic nitrogens is 4. The largest absolute Gasteiger partial charge is 0.479 e. The van der Waals surface area contributed by atoms with Crippen molar-refractivity contribution in [3.8, 4) is 0 Å². The minimum atomic E-state index is -1.16. The summed E-state index contributed by atoms with van der Waals surface area (Å²) in [6.45, 7) is 0. The Bertz CT molecular complexity index is 1290. The van der Waals surface area contributed by atoms with E-state index in [9.17, 15) is 14.7 Å². The summed E-state index contributed by atoms with van der Waals surface area (Å²) in [5.74, 6) is 0.605. The highest BCUT2D eigenvalue weighted by molar-refractivity contribution is 5.96. The second kappa shape index (κ2) is 8.58. The first-order valence-electron chi connectivity index (χ1n) is 14.4. The molecule has 9 rings (SSSR count). The normalized spacial score (nSPS) is 39.7. The van der Waals surface area contributed by atoms with Crippen molar-refractivity contribution in [1.82, 2.24) is 24.8 Å². The lowest BCUT2D eigenvalue weighted by Gasteiger charge is -2.56. The average Bonchev–Trinajstić information content (AvgIpc) is 3.55. The number of carbonyl (C=O) groups is 2. The van der Waals surface area contributed by atoms with Crippen molar-refractivity contribution in [2.75, 3.05) is 5.32 Å². The summed E-state index contributed by atoms with van der Waals surface area (Å²) in [6.07, 6.45) is 11.2. The molecule has 12 nitrogen and oxygen atoms in total. The molecule has 5 aliphatic carbocycles. The zero-order valence-corrected chi connectivity index (χ0v) is 21.8. The molecule has 12 heteroatoms. The standard InChI is InChI=1S/C27H34N6O6/c34-24(35)20-18-19(39-27(38-18)4-2-1-3-5-27)23(37-20)33-13-30-17-21(28-12-29-22(17)33)31-25(36)32-26-9-14-6-15(10-26)8-16(7-14)11-26/h12-16,18-20,23H,1-11H2,(H,34,35)(H2,28,29,31,32,36)/t14?,15?,16?,18?,19?,20-,23+,26?/m0/s1. The number of nitrogens with zero attached hydrogens (tertiary/aromatic N) is 4. The summed E-state index contributed by atoms with van der Waals surface area (Å²) in [4.78, 5) is 38.5. The number of urea groups is 1. The summed E-state index contributed by atoms with van der Waals surface area (Å²) in [5.41, 5.74) is 0.707. The molecule has 4 bridgehead atoms. The maximum Gasteiger partial charge on any atom is 0.335 e. The Hall–Kier alpha value is -2.83. The number of amides is 2. The van der Waals surface area contributed by atoms with Crippen LogP contribution in [0.25, 0.3) is 11.2 Å². The second-order valence-electron chi connectivity index (χ2n) is 12.7. The van der Waals surface area contributed by atoms with Gasteiger partial charge in [-0.05, 0) is 69.1 Å². The molecule has 7 aliphatic rings. The first kappa shape index (κ1) is 24.0. The number of hydrogen-bond acceptors (Lipinski definition) is 8. The molecule has 39 heavy (non-hydrogen) atoms. The Kier molecular flexibility index (Phi) is 5.28. The minimum absolute atomic E-state index is 0.127. The molecule has 2 amide bonds. The van der Waals surface area contributed by atoms with Crippen LogP contribution in [-0.2, 0) is 19.0 Å². The van der Waals surface area contributed by atoms with Crippen LogP contribution in [0, 0.1) is 17.8 Å². The van der Waals surface area contributed by atoms with Gasteiger partial charge >= 0.3 is 12.0 Å². The predicted molar refractivity (Wildman–Crippen MR) is 135 cm³/mol. The molecule has 2 saturated heterocycles. The summed E-state index contributed by atoms with van der Waals surface area (Å²) in [5, 5.41) is 16.1. The van der Waals surface area contributed by atoms with Crippen LogP contribution in [0.5, 0.6) is 0 Å². The lowest BCUT2D eigenvalue weighted by molar-refractivity contribution is -0.231. The van der Waals surface area contributed by atoms with Gasteiger partial charge in [0.15, 0.2) is 35.1 Å². The topological polar surface area (TPSA) is 150 Å². The summed E-state index contributed by atoms with van der Waals surface area (Å²) < 4.78 is 20.3. The fourth-order valence-corrected chi connectivity index (χ4v) is 8.94. The highest BCUT2D eigenvalue weighted by Gasteiger charge is 2.61. The fourth-order valence-electron chi connectivity index (χ4n) is 8.94. The number of nitrogens with one attached hydrogen (secondary N) is 2. The zero-order chi connectivity index (χ0) is 26.4. The maximum absolute atomic E-state index is 13.2. The van der Waals surface area contributed by atoms with E-state index < -0.39 is 36.3 Å². The Balaban J connectivity index is 1.04. The van der Waals surface area contributed by atoms with Crippen LogP contribution in [0.3, 0.4) is 0 Å². The van der Waals surface area contributed by atoms with Gasteiger partial charge in [0.1, 0.15) is 18.5 Å². The number of hydrogen-bond donors (Lipinski definition) is 3. The molecule has 4 atom stereocenters. The van der Waals surface area contributed by atoms with E-state index in [1.165, 1.54) is 25.6 Å². The van der Waals surface area contributed by atoms with Gasteiger partial charge in [-0.2, -0.15) is 0 Å². The smallest absolute Gasteiger partial charge is 0.335 e. The molecule has 7 fully saturated rings. The zero-order valence-electron chi connectivity index (χ0n) is 21.8. The van der Waals surface area contributed by atoms with Crippen molar-refractivity contribution in [2.24, 2.45) is 17.8 Å². The highest BCUT2D eigenvalue weighted by Crippen LogP contribution is 2.55. The van der Waals surface area contributed by atoms with Crippen molar-refractivity contribution >= 4 is 29.0 Å². The number of aliphatic carboxylic acids is 1. The molecule has 5 saturated carbocycles. The van der Waals surface area contributed by atoms with Crippen LogP contribution in [0.2, 0.25) is 0 Å². The quantitative estimate of drug-likeness (QED) is 0.533. The SMILES string of the molecule is O=C(Nc1ncnc2c1ncn2[C@@H]1O[C@H](C(=O)O)C2OC3(CCCCC3)OC21)NC12CC3CC(CC(C3)C1)C2. The van der Waals surface area contributed by atoms with Gasteiger partial charge in [-0.3, -0.25) is 9.88 Å². The Morgan fingerprint density at radius 2 is 1.64 bits per heavy atom. The second-order valence-corrected chi connectivity index (χ2v) is 12.7. The summed E-state index contributed by atoms with van der Waals surface area (Å²) >= 11 is 0. The third-order valence-corrected chi connectivity index (χ3v) is 10.0. The van der Waals surface area contributed by atoms with Gasteiger partial charge in [-0.25, -0.2) is 24.5 Å². The van der Waals surface area contributed by atoms with E-state index in [1.807, 2.05) is 0 Å². The first-order valence-corrected chi connectivity index (χ1v) is 14.4. The fraction of sp³-hybridized carbons (Fsp3) is 0.741. The van der Waals surface area contributed by atoms with E-state index in [2.05, 4.69) is 25.6 Å². The summed E-state index contributed by atoms with van der Waals surface area (Å²) in [6, 6.07) is -0.276. The van der Waals surface area contributed by atoms with Gasteiger partial charge in [0.05, 0.1) is 6.33 Å². The number of anilines is 1. The number of carbonyl (C=O) groups excluding carboxylic acids is 1. The van der Waals surface area contributed by atoms with Gasteiger partial charge in [-0.1, -0.05) is 6.42 Å². The van der Waals surface area contributed by atoms with Crippen LogP contribution < -0.4 is 10.6 Å². The van der Waals surface area contributed by atoms with E-state index in [1.54, 1.807) is 10.9 Å². The van der Waals surface area contributed by atoms with Gasteiger partial charge < -0.3 is 24.6 Å². The number of imidazole rings is 1. The summed E-state index contributed by atoms with van der Waals surface area (Å²) in [7, 11) is 0. The van der Waals surface area contributed by atoms with E-state index in [0.717, 1.165) is 69.1 Å². The van der Waals surface area contributed by atoms with Crippen LogP contribution in [0.1, 0.15) is 76.9 Å². The molecular formula is C27H34N6O6. The molecular weight excluding hydrogens is 504 g/mol. The van der Waals surface area contributed by atoms with Gasteiger partial charge in [0.2, 0.25) is 0 Å². The van der Waals surface area contributed by atoms with Crippen molar-refractivity contribution in [3.05, 3.63) is 12.7 Å². The lowest BCUT2D eigenvalue weighted by atomic mass is 9.53. The van der Waals surface area contributed by atoms with Crippen molar-refractivity contribution in [2.45, 2.75) is 106 Å². The van der Waals surface area contributed by atoms with Crippen LogP contribution in [0.15, 0.2) is 12.7 Å². The van der Waals surface area contributed by atoms with E-state index in [0.29, 0.717) is 17.0 Å². The molecule has 2 aliphatic heterocycles. The molecule has 0 radical (unpaired) electrons. The third-order valence-electron chi connectivity index (χ3n) is 10.0. The number of fused-ring (bicyclic) bond motifs is 2. The molecule has 2 unspecified atom stereocenters. The molecule has 0 aromatic carbocycles. The highest BCUT2D eigenvalue weighted by atomic mass is 16.8. The number of rotatable bonds is 4. The predicted octanol–water partition coefficient (Wildman–Crippen LogP) is 3.34. The maximum atomic E-state index is 13.2. The Morgan fingerprint density at radius 3 is 2.33 bits per heavy atom. The van der Waals surface area contributed by atoms with Crippen molar-refractivity contribution in [3.63, 3.8) is 0 Å². The molecule has 1 spiro atoms. The first-order chi connectivity index (χ1) is 18.9. The van der Waals surface area contributed by atoms with Crippen molar-refractivity contribution < 1.29 is 28.9 Å². The third kappa shape index (κ3) is 3.86. The van der Waals surface area contributed by atoms with E-state index in [-0.39, 0.29) is 11.6 Å². The lowest BCUT2D eigenvalue weighted by Crippen LogP contribution is -2.60. The minimum Gasteiger partial charge on any atom is -0.479 e. The average molecular weight is 539 g/mol. The molecule has 2 aromatic heterocycles. The van der Waals surface area contributed by atoms with Crippen LogP contribution in [0.4, 0.5) is 10.6 Å². The number of carboxylic acid groups (broad SMARTS) is 1. The number of carboxylic acids is 1. The van der Waals surface area contributed by atoms with Crippen LogP contribution in [-0.4, -0.2) is 66.3 Å². The molecule has 2 aromatic rings. The van der Waals surface area contributed by atoms with E-state index in [4.69, 9.17) is 14.2 Å². The monoisotopic (exact) mass is 538 g/mol. The van der Waals surface area contributed by atoms with Crippen molar-refractivity contribution in [1.29, 1.82) is 0 Å². The molecule has 3 N–H and O–H groups in total. The van der Waals surface area contributed by atoms with E-state index >= 15 is 0 Å². The van der Waals surface area contributed by atoms with Gasteiger partial charge in [0.25, 0.3) is 0 Å². The molecule has 208 valence electrons. The Labute approximate surface area is 225 Å². The van der Waals surface area contributed by atoms with Gasteiger partial charge in [-0.15, -0.1) is 0 Å². The van der Waals surface area contributed by atoms with Crippen LogP contribution >= 0.6 is 0 Å². The molecule has 4 heterocycles. The Morgan fingerprint density at radius 1 is 0.949 bits per heavy atom. The number of ether oxygens (including phenoxy) is 3. The van der Waals surface area contributed by atoms with Gasteiger partial charge in [0, 0.05) is 18.4 Å².